The molecule has 1 amide bonds. The number of benzene rings is 2. The maximum atomic E-state index is 12.5. The molecule has 2 aromatic rings. The van der Waals surface area contributed by atoms with Crippen molar-refractivity contribution in [2.45, 2.75) is 53.0 Å². The molecule has 0 heterocycles. The Kier molecular flexibility index (Phi) is 9.38. The molecular weight excluding hydrogens is 432 g/mol. The monoisotopic (exact) mass is 464 g/mol. The van der Waals surface area contributed by atoms with E-state index in [0.717, 1.165) is 30.4 Å². The standard InChI is InChI=1S/C24H33ClN2O3S/c1-5-7-8-19(6-2)16-26-24(28)21-12-10-20(11-13-21)17-27(31(4,29)30)23-15-22(25)14-9-18(23)3/h9-15,19H,5-8,16-17H2,1-4H3,(H,26,28)/t19-/m0/s1. The van der Waals surface area contributed by atoms with Crippen LogP contribution in [0.2, 0.25) is 5.02 Å². The molecule has 2 rings (SSSR count). The zero-order valence-electron chi connectivity index (χ0n) is 18.8. The first-order valence-electron chi connectivity index (χ1n) is 10.8. The summed E-state index contributed by atoms with van der Waals surface area (Å²) in [6.45, 7) is 7.01. The first-order valence-corrected chi connectivity index (χ1v) is 13.0. The van der Waals surface area contributed by atoms with E-state index in [-0.39, 0.29) is 12.5 Å². The zero-order valence-corrected chi connectivity index (χ0v) is 20.4. The van der Waals surface area contributed by atoms with Gasteiger partial charge in [0, 0.05) is 17.1 Å². The number of nitrogens with one attached hydrogen (secondary N) is 1. The van der Waals surface area contributed by atoms with Crippen LogP contribution in [0.4, 0.5) is 5.69 Å². The number of rotatable bonds is 11. The molecule has 0 aliphatic rings. The number of halogens is 1. The van der Waals surface area contributed by atoms with Gasteiger partial charge < -0.3 is 5.32 Å². The summed E-state index contributed by atoms with van der Waals surface area (Å²) in [5.41, 5.74) is 2.73. The molecule has 0 spiro atoms. The number of carbonyl (C=O) groups excluding carboxylic acids is 1. The molecule has 7 heteroatoms. The van der Waals surface area contributed by atoms with Gasteiger partial charge in [0.2, 0.25) is 10.0 Å². The topological polar surface area (TPSA) is 66.5 Å². The number of hydrogen-bond acceptors (Lipinski definition) is 3. The van der Waals surface area contributed by atoms with Crippen molar-refractivity contribution in [1.82, 2.24) is 5.32 Å². The van der Waals surface area contributed by atoms with Crippen LogP contribution in [-0.4, -0.2) is 27.1 Å². The average Bonchev–Trinajstić information content (AvgIpc) is 2.73. The van der Waals surface area contributed by atoms with Crippen LogP contribution < -0.4 is 9.62 Å². The van der Waals surface area contributed by atoms with Crippen LogP contribution in [0.1, 0.15) is 61.0 Å². The normalized spacial score (nSPS) is 12.4. The highest BCUT2D eigenvalue weighted by Crippen LogP contribution is 2.28. The van der Waals surface area contributed by atoms with Gasteiger partial charge in [-0.15, -0.1) is 0 Å². The fourth-order valence-electron chi connectivity index (χ4n) is 3.44. The van der Waals surface area contributed by atoms with Crippen molar-refractivity contribution in [3.63, 3.8) is 0 Å². The molecule has 170 valence electrons. The second kappa shape index (κ2) is 11.5. The van der Waals surface area contributed by atoms with E-state index in [4.69, 9.17) is 11.6 Å². The lowest BCUT2D eigenvalue weighted by molar-refractivity contribution is 0.0946. The molecule has 0 radical (unpaired) electrons. The molecular formula is C24H33ClN2O3S. The van der Waals surface area contributed by atoms with Crippen LogP contribution in [0, 0.1) is 12.8 Å². The van der Waals surface area contributed by atoms with Crippen LogP contribution in [-0.2, 0) is 16.6 Å². The Morgan fingerprint density at radius 1 is 1.13 bits per heavy atom. The van der Waals surface area contributed by atoms with E-state index in [0.29, 0.717) is 28.7 Å². The molecule has 0 aliphatic carbocycles. The third kappa shape index (κ3) is 7.54. The highest BCUT2D eigenvalue weighted by molar-refractivity contribution is 7.92. The minimum atomic E-state index is -3.52. The van der Waals surface area contributed by atoms with Gasteiger partial charge in [-0.05, 0) is 54.7 Å². The van der Waals surface area contributed by atoms with Crippen molar-refractivity contribution in [2.75, 3.05) is 17.1 Å². The number of sulfonamides is 1. The summed E-state index contributed by atoms with van der Waals surface area (Å²) in [5.74, 6) is 0.389. The van der Waals surface area contributed by atoms with Crippen molar-refractivity contribution in [2.24, 2.45) is 5.92 Å². The van der Waals surface area contributed by atoms with Crippen LogP contribution in [0.5, 0.6) is 0 Å². The highest BCUT2D eigenvalue weighted by atomic mass is 35.5. The lowest BCUT2D eigenvalue weighted by atomic mass is 9.99. The van der Waals surface area contributed by atoms with Crippen LogP contribution in [0.3, 0.4) is 0 Å². The lowest BCUT2D eigenvalue weighted by Crippen LogP contribution is -2.30. The van der Waals surface area contributed by atoms with Crippen molar-refractivity contribution in [3.8, 4) is 0 Å². The molecule has 0 saturated heterocycles. The lowest BCUT2D eigenvalue weighted by Gasteiger charge is -2.24. The summed E-state index contributed by atoms with van der Waals surface area (Å²) in [6, 6.07) is 12.3. The minimum absolute atomic E-state index is 0.104. The van der Waals surface area contributed by atoms with Gasteiger partial charge in [-0.25, -0.2) is 8.42 Å². The number of amides is 1. The minimum Gasteiger partial charge on any atom is -0.352 e. The maximum Gasteiger partial charge on any atom is 0.251 e. The Morgan fingerprint density at radius 2 is 1.81 bits per heavy atom. The molecule has 0 aliphatic heterocycles. The Labute approximate surface area is 191 Å². The zero-order chi connectivity index (χ0) is 23.0. The number of unbranched alkanes of at least 4 members (excludes halogenated alkanes) is 1. The van der Waals surface area contributed by atoms with Gasteiger partial charge in [0.25, 0.3) is 5.91 Å². The first kappa shape index (κ1) is 25.2. The first-order chi connectivity index (χ1) is 14.7. The van der Waals surface area contributed by atoms with Crippen molar-refractivity contribution in [3.05, 3.63) is 64.2 Å². The van der Waals surface area contributed by atoms with Crippen molar-refractivity contribution in [1.29, 1.82) is 0 Å². The Hall–Kier alpha value is -2.05. The van der Waals surface area contributed by atoms with Gasteiger partial charge in [0.1, 0.15) is 0 Å². The van der Waals surface area contributed by atoms with E-state index in [2.05, 4.69) is 19.2 Å². The molecule has 0 saturated carbocycles. The molecule has 0 fully saturated rings. The van der Waals surface area contributed by atoms with Crippen LogP contribution >= 0.6 is 11.6 Å². The summed E-state index contributed by atoms with van der Waals surface area (Å²) in [5, 5.41) is 3.50. The summed E-state index contributed by atoms with van der Waals surface area (Å²) in [7, 11) is -3.52. The van der Waals surface area contributed by atoms with Gasteiger partial charge >= 0.3 is 0 Å². The third-order valence-electron chi connectivity index (χ3n) is 5.48. The fourth-order valence-corrected chi connectivity index (χ4v) is 4.55. The second-order valence-corrected chi connectivity index (χ2v) is 10.4. The van der Waals surface area contributed by atoms with Gasteiger partial charge in [0.15, 0.2) is 0 Å². The molecule has 0 unspecified atom stereocenters. The summed E-state index contributed by atoms with van der Waals surface area (Å²) in [6.07, 6.45) is 5.68. The molecule has 31 heavy (non-hydrogen) atoms. The van der Waals surface area contributed by atoms with Crippen LogP contribution in [0.25, 0.3) is 0 Å². The van der Waals surface area contributed by atoms with E-state index in [9.17, 15) is 13.2 Å². The van der Waals surface area contributed by atoms with E-state index < -0.39 is 10.0 Å². The van der Waals surface area contributed by atoms with Gasteiger partial charge in [-0.3, -0.25) is 9.10 Å². The Balaban J connectivity index is 2.11. The number of anilines is 1. The van der Waals surface area contributed by atoms with Crippen molar-refractivity contribution >= 4 is 33.2 Å². The second-order valence-electron chi connectivity index (χ2n) is 8.02. The summed E-state index contributed by atoms with van der Waals surface area (Å²) in [4.78, 5) is 12.5. The molecule has 1 N–H and O–H groups in total. The van der Waals surface area contributed by atoms with Gasteiger partial charge in [-0.2, -0.15) is 0 Å². The van der Waals surface area contributed by atoms with Gasteiger partial charge in [-0.1, -0.05) is 62.9 Å². The van der Waals surface area contributed by atoms with Crippen molar-refractivity contribution < 1.29 is 13.2 Å². The summed E-state index contributed by atoms with van der Waals surface area (Å²) < 4.78 is 26.2. The summed E-state index contributed by atoms with van der Waals surface area (Å²) >= 11 is 6.09. The predicted octanol–water partition coefficient (Wildman–Crippen LogP) is 5.56. The highest BCUT2D eigenvalue weighted by Gasteiger charge is 2.20. The van der Waals surface area contributed by atoms with Crippen LogP contribution in [0.15, 0.2) is 42.5 Å². The Bertz CT molecular complexity index is 975. The average molecular weight is 465 g/mol. The SMILES string of the molecule is CCCC[C@H](CC)CNC(=O)c1ccc(CN(c2cc(Cl)ccc2C)S(C)(=O)=O)cc1. The predicted molar refractivity (Wildman–Crippen MR) is 129 cm³/mol. The molecule has 0 aromatic heterocycles. The number of aryl methyl sites for hydroxylation is 1. The Morgan fingerprint density at radius 3 is 2.39 bits per heavy atom. The number of hydrogen-bond donors (Lipinski definition) is 1. The molecule has 2 aromatic carbocycles. The smallest absolute Gasteiger partial charge is 0.251 e. The van der Waals surface area contributed by atoms with E-state index in [1.54, 1.807) is 42.5 Å². The van der Waals surface area contributed by atoms with E-state index >= 15 is 0 Å². The maximum absolute atomic E-state index is 12.5. The number of nitrogens with zero attached hydrogens (tertiary/aromatic N) is 1. The molecule has 1 atom stereocenters. The quantitative estimate of drug-likeness (QED) is 0.473. The third-order valence-corrected chi connectivity index (χ3v) is 6.84. The molecule has 5 nitrogen and oxygen atoms in total. The van der Waals surface area contributed by atoms with Gasteiger partial charge in [0.05, 0.1) is 18.5 Å². The fraction of sp³-hybridized carbons (Fsp3) is 0.458. The van der Waals surface area contributed by atoms with E-state index in [1.165, 1.54) is 17.0 Å². The number of carbonyl (C=O) groups is 1. The van der Waals surface area contributed by atoms with E-state index in [1.807, 2.05) is 6.92 Å². The largest absolute Gasteiger partial charge is 0.352 e. The molecule has 0 bridgehead atoms.